The predicted molar refractivity (Wildman–Crippen MR) is 64.4 cm³/mol. The number of H-pyrrole nitrogens is 2. The van der Waals surface area contributed by atoms with Gasteiger partial charge in [-0.05, 0) is 11.6 Å². The van der Waals surface area contributed by atoms with Crippen LogP contribution in [0.25, 0.3) is 22.2 Å². The monoisotopic (exact) mass is 210 g/mol. The zero-order chi connectivity index (χ0) is 11.0. The van der Waals surface area contributed by atoms with Crippen molar-refractivity contribution in [1.82, 2.24) is 9.97 Å². The van der Waals surface area contributed by atoms with Crippen LogP contribution in [0.2, 0.25) is 0 Å². The Balaban J connectivity index is 2.30. The van der Waals surface area contributed by atoms with Crippen LogP contribution in [-0.2, 0) is 0 Å². The van der Waals surface area contributed by atoms with Crippen LogP contribution in [0.1, 0.15) is 0 Å². The highest BCUT2D eigenvalue weighted by Gasteiger charge is 2.05. The second-order valence-corrected chi connectivity index (χ2v) is 3.68. The lowest BCUT2D eigenvalue weighted by Crippen LogP contribution is -2.01. The van der Waals surface area contributed by atoms with E-state index in [-0.39, 0.29) is 5.56 Å². The summed E-state index contributed by atoms with van der Waals surface area (Å²) in [5.74, 6) is 0. The molecule has 3 aromatic rings. The summed E-state index contributed by atoms with van der Waals surface area (Å²) in [7, 11) is 0. The zero-order valence-corrected chi connectivity index (χ0v) is 8.53. The maximum atomic E-state index is 11.2. The number of hydrogen-bond acceptors (Lipinski definition) is 1. The topological polar surface area (TPSA) is 48.6 Å². The highest BCUT2D eigenvalue weighted by Crippen LogP contribution is 2.26. The first-order valence-electron chi connectivity index (χ1n) is 5.10. The van der Waals surface area contributed by atoms with Crippen LogP contribution >= 0.6 is 0 Å². The molecular weight excluding hydrogens is 200 g/mol. The Hall–Kier alpha value is -2.29. The maximum absolute atomic E-state index is 11.2. The van der Waals surface area contributed by atoms with Crippen molar-refractivity contribution in [2.24, 2.45) is 0 Å². The average molecular weight is 210 g/mol. The van der Waals surface area contributed by atoms with Gasteiger partial charge in [-0.2, -0.15) is 0 Å². The summed E-state index contributed by atoms with van der Waals surface area (Å²) >= 11 is 0. The average Bonchev–Trinajstić information content (AvgIpc) is 2.73. The lowest BCUT2D eigenvalue weighted by atomic mass is 10.1. The number of hydrogen-bond donors (Lipinski definition) is 2. The first kappa shape index (κ1) is 8.97. The molecule has 0 atom stereocenters. The van der Waals surface area contributed by atoms with Gasteiger partial charge < -0.3 is 9.97 Å². The van der Waals surface area contributed by atoms with Gasteiger partial charge in [0.25, 0.3) is 0 Å². The van der Waals surface area contributed by atoms with Gasteiger partial charge in [0.2, 0.25) is 5.56 Å². The first-order valence-corrected chi connectivity index (χ1v) is 5.10. The van der Waals surface area contributed by atoms with Crippen molar-refractivity contribution < 1.29 is 0 Å². The molecule has 2 aromatic heterocycles. The summed E-state index contributed by atoms with van der Waals surface area (Å²) in [4.78, 5) is 17.0. The van der Waals surface area contributed by atoms with E-state index in [1.165, 1.54) is 0 Å². The van der Waals surface area contributed by atoms with Gasteiger partial charge in [-0.25, -0.2) is 0 Å². The molecule has 0 saturated heterocycles. The Morgan fingerprint density at radius 2 is 1.75 bits per heavy atom. The highest BCUT2D eigenvalue weighted by atomic mass is 16.1. The lowest BCUT2D eigenvalue weighted by Gasteiger charge is -1.97. The molecule has 0 unspecified atom stereocenters. The Morgan fingerprint density at radius 1 is 0.938 bits per heavy atom. The van der Waals surface area contributed by atoms with Crippen LogP contribution in [0.5, 0.6) is 0 Å². The SMILES string of the molecule is O=c1ccc2c(-c3ccccc3)c[nH]c2[nH]1. The van der Waals surface area contributed by atoms with Crippen LogP contribution in [0.4, 0.5) is 0 Å². The molecule has 0 amide bonds. The number of rotatable bonds is 1. The molecule has 3 rings (SSSR count). The Kier molecular flexibility index (Phi) is 1.90. The van der Waals surface area contributed by atoms with Crippen molar-refractivity contribution in [1.29, 1.82) is 0 Å². The number of aromatic amines is 2. The van der Waals surface area contributed by atoms with Crippen molar-refractivity contribution in [3.05, 3.63) is 59.0 Å². The summed E-state index contributed by atoms with van der Waals surface area (Å²) in [5.41, 5.74) is 2.92. The quantitative estimate of drug-likeness (QED) is 0.637. The first-order chi connectivity index (χ1) is 7.84. The van der Waals surface area contributed by atoms with E-state index in [1.54, 1.807) is 6.07 Å². The van der Waals surface area contributed by atoms with Crippen molar-refractivity contribution in [3.8, 4) is 11.1 Å². The van der Waals surface area contributed by atoms with Gasteiger partial charge in [-0.1, -0.05) is 30.3 Å². The van der Waals surface area contributed by atoms with Crippen LogP contribution in [0, 0.1) is 0 Å². The molecule has 3 heteroatoms. The fourth-order valence-electron chi connectivity index (χ4n) is 1.89. The molecule has 0 spiro atoms. The van der Waals surface area contributed by atoms with Crippen molar-refractivity contribution in [3.63, 3.8) is 0 Å². The highest BCUT2D eigenvalue weighted by molar-refractivity contribution is 5.93. The van der Waals surface area contributed by atoms with E-state index in [0.29, 0.717) is 0 Å². The van der Waals surface area contributed by atoms with Crippen LogP contribution < -0.4 is 5.56 Å². The van der Waals surface area contributed by atoms with Gasteiger partial charge in [0.1, 0.15) is 5.65 Å². The molecule has 0 aliphatic heterocycles. The third-order valence-corrected chi connectivity index (χ3v) is 2.65. The minimum Gasteiger partial charge on any atom is -0.347 e. The Labute approximate surface area is 91.8 Å². The normalized spacial score (nSPS) is 10.8. The Bertz CT molecular complexity index is 680. The summed E-state index contributed by atoms with van der Waals surface area (Å²) in [5, 5.41) is 1.03. The molecule has 2 N–H and O–H groups in total. The van der Waals surface area contributed by atoms with E-state index in [2.05, 4.69) is 9.97 Å². The van der Waals surface area contributed by atoms with Gasteiger partial charge in [-0.15, -0.1) is 0 Å². The number of aromatic nitrogens is 2. The van der Waals surface area contributed by atoms with E-state index in [0.717, 1.165) is 22.2 Å². The fourth-order valence-corrected chi connectivity index (χ4v) is 1.89. The number of nitrogens with one attached hydrogen (secondary N) is 2. The minimum atomic E-state index is -0.0889. The molecule has 0 aliphatic carbocycles. The molecule has 0 bridgehead atoms. The Morgan fingerprint density at radius 3 is 2.56 bits per heavy atom. The van der Waals surface area contributed by atoms with E-state index >= 15 is 0 Å². The van der Waals surface area contributed by atoms with Gasteiger partial charge in [-0.3, -0.25) is 4.79 Å². The third-order valence-electron chi connectivity index (χ3n) is 2.65. The van der Waals surface area contributed by atoms with Gasteiger partial charge in [0.15, 0.2) is 0 Å². The van der Waals surface area contributed by atoms with Crippen molar-refractivity contribution in [2.75, 3.05) is 0 Å². The second kappa shape index (κ2) is 3.38. The predicted octanol–water partition coefficient (Wildman–Crippen LogP) is 2.52. The maximum Gasteiger partial charge on any atom is 0.249 e. The van der Waals surface area contributed by atoms with Crippen molar-refractivity contribution >= 4 is 11.0 Å². The molecule has 16 heavy (non-hydrogen) atoms. The molecule has 2 heterocycles. The number of pyridine rings is 1. The van der Waals surface area contributed by atoms with E-state index in [4.69, 9.17) is 0 Å². The molecule has 0 saturated carbocycles. The molecular formula is C13H10N2O. The molecule has 1 aromatic carbocycles. The van der Waals surface area contributed by atoms with Gasteiger partial charge in [0, 0.05) is 23.2 Å². The third kappa shape index (κ3) is 1.34. The fraction of sp³-hybridized carbons (Fsp3) is 0. The van der Waals surface area contributed by atoms with E-state index in [9.17, 15) is 4.79 Å². The second-order valence-electron chi connectivity index (χ2n) is 3.68. The zero-order valence-electron chi connectivity index (χ0n) is 8.53. The molecule has 0 aliphatic rings. The standard InChI is InChI=1S/C13H10N2O/c16-12-7-6-10-11(8-14-13(10)15-12)9-4-2-1-3-5-9/h1-8H,(H2,14,15,16). The summed E-state index contributed by atoms with van der Waals surface area (Å²) < 4.78 is 0. The molecule has 78 valence electrons. The van der Waals surface area contributed by atoms with Gasteiger partial charge in [0.05, 0.1) is 0 Å². The summed E-state index contributed by atoms with van der Waals surface area (Å²) in [6, 6.07) is 13.5. The van der Waals surface area contributed by atoms with Crippen LogP contribution in [-0.4, -0.2) is 9.97 Å². The lowest BCUT2D eigenvalue weighted by molar-refractivity contribution is 1.26. The summed E-state index contributed by atoms with van der Waals surface area (Å²) in [6.45, 7) is 0. The number of benzene rings is 1. The van der Waals surface area contributed by atoms with E-state index in [1.807, 2.05) is 42.6 Å². The van der Waals surface area contributed by atoms with Crippen molar-refractivity contribution in [2.45, 2.75) is 0 Å². The smallest absolute Gasteiger partial charge is 0.249 e. The van der Waals surface area contributed by atoms with E-state index < -0.39 is 0 Å². The summed E-state index contributed by atoms with van der Waals surface area (Å²) in [6.07, 6.45) is 1.91. The number of fused-ring (bicyclic) bond motifs is 1. The molecule has 3 nitrogen and oxygen atoms in total. The largest absolute Gasteiger partial charge is 0.347 e. The molecule has 0 fully saturated rings. The molecule has 0 radical (unpaired) electrons. The minimum absolute atomic E-state index is 0.0889. The van der Waals surface area contributed by atoms with Crippen LogP contribution in [0.3, 0.4) is 0 Å². The van der Waals surface area contributed by atoms with Crippen LogP contribution in [0.15, 0.2) is 53.5 Å². The van der Waals surface area contributed by atoms with Gasteiger partial charge >= 0.3 is 0 Å².